The molecule has 0 fully saturated rings. The van der Waals surface area contributed by atoms with Crippen molar-refractivity contribution in [2.24, 2.45) is 0 Å². The Hall–Kier alpha value is -4.53. The second-order valence-electron chi connectivity index (χ2n) is 8.44. The number of hydrogen-bond acceptors (Lipinski definition) is 2. The minimum atomic E-state index is -4.76. The standard InChI is InChI=1S/C28H18F5N3O/c1-16-8-11-18(12-9-16)35-27(37)20-14-17(10-13-21(20)28(31,32)33)23-6-3-7-24-26(34-15-36(23)24)19-4-2-5-22(29)25(19)30/h2-15H,1H3,(H,35,37). The van der Waals surface area contributed by atoms with Crippen LogP contribution in [-0.4, -0.2) is 15.3 Å². The Balaban J connectivity index is 1.61. The van der Waals surface area contributed by atoms with Crippen LogP contribution in [0.3, 0.4) is 0 Å². The van der Waals surface area contributed by atoms with E-state index in [-0.39, 0.29) is 11.3 Å². The molecule has 4 nitrogen and oxygen atoms in total. The van der Waals surface area contributed by atoms with E-state index < -0.39 is 34.8 Å². The highest BCUT2D eigenvalue weighted by Crippen LogP contribution is 2.36. The number of pyridine rings is 1. The summed E-state index contributed by atoms with van der Waals surface area (Å²) in [4.78, 5) is 17.2. The van der Waals surface area contributed by atoms with Crippen molar-refractivity contribution in [1.82, 2.24) is 9.38 Å². The van der Waals surface area contributed by atoms with E-state index in [2.05, 4.69) is 10.3 Å². The van der Waals surface area contributed by atoms with Crippen LogP contribution in [0, 0.1) is 18.6 Å². The number of imidazole rings is 1. The van der Waals surface area contributed by atoms with Gasteiger partial charge in [0.15, 0.2) is 11.6 Å². The van der Waals surface area contributed by atoms with Gasteiger partial charge in [0.25, 0.3) is 5.91 Å². The zero-order valence-corrected chi connectivity index (χ0v) is 19.3. The number of rotatable bonds is 4. The Morgan fingerprint density at radius 3 is 2.38 bits per heavy atom. The SMILES string of the molecule is Cc1ccc(NC(=O)c2cc(-c3cccc4c(-c5cccc(F)c5F)ncn34)ccc2C(F)(F)F)cc1. The number of nitrogens with zero attached hydrogens (tertiary/aromatic N) is 2. The summed E-state index contributed by atoms with van der Waals surface area (Å²) in [5, 5.41) is 2.52. The average Bonchev–Trinajstić information content (AvgIpc) is 3.30. The fraction of sp³-hybridized carbons (Fsp3) is 0.0714. The lowest BCUT2D eigenvalue weighted by atomic mass is 10.00. The second-order valence-corrected chi connectivity index (χ2v) is 8.44. The number of amides is 1. The first-order chi connectivity index (χ1) is 17.6. The summed E-state index contributed by atoms with van der Waals surface area (Å²) >= 11 is 0. The van der Waals surface area contributed by atoms with Crippen LogP contribution in [0.2, 0.25) is 0 Å². The highest BCUT2D eigenvalue weighted by Gasteiger charge is 2.35. The first-order valence-corrected chi connectivity index (χ1v) is 11.1. The lowest BCUT2D eigenvalue weighted by Crippen LogP contribution is -2.19. The van der Waals surface area contributed by atoms with E-state index in [9.17, 15) is 26.7 Å². The number of aromatic nitrogens is 2. The second kappa shape index (κ2) is 9.16. The van der Waals surface area contributed by atoms with Crippen molar-refractivity contribution in [2.45, 2.75) is 13.1 Å². The zero-order chi connectivity index (χ0) is 26.3. The Morgan fingerprint density at radius 2 is 1.65 bits per heavy atom. The van der Waals surface area contributed by atoms with Gasteiger partial charge in [-0.05, 0) is 61.0 Å². The van der Waals surface area contributed by atoms with Crippen molar-refractivity contribution in [3.05, 3.63) is 114 Å². The van der Waals surface area contributed by atoms with E-state index in [0.29, 0.717) is 22.5 Å². The first kappa shape index (κ1) is 24.2. The normalized spacial score (nSPS) is 11.6. The molecule has 0 atom stereocenters. The maximum Gasteiger partial charge on any atom is 0.417 e. The number of carbonyl (C=O) groups excluding carboxylic acids is 1. The van der Waals surface area contributed by atoms with E-state index >= 15 is 0 Å². The summed E-state index contributed by atoms with van der Waals surface area (Å²) in [6.45, 7) is 1.85. The van der Waals surface area contributed by atoms with Crippen LogP contribution in [0.4, 0.5) is 27.6 Å². The number of halogens is 5. The Bertz CT molecular complexity index is 1640. The van der Waals surface area contributed by atoms with Gasteiger partial charge in [0.05, 0.1) is 28.0 Å². The van der Waals surface area contributed by atoms with Gasteiger partial charge >= 0.3 is 6.18 Å². The van der Waals surface area contributed by atoms with Crippen molar-refractivity contribution < 1.29 is 26.7 Å². The van der Waals surface area contributed by atoms with E-state index in [1.807, 2.05) is 6.92 Å². The molecule has 9 heteroatoms. The van der Waals surface area contributed by atoms with Crippen molar-refractivity contribution in [1.29, 1.82) is 0 Å². The number of benzene rings is 3. The summed E-state index contributed by atoms with van der Waals surface area (Å²) in [5.41, 5.74) is 0.887. The van der Waals surface area contributed by atoms with Gasteiger partial charge < -0.3 is 5.32 Å². The maximum atomic E-state index is 14.4. The van der Waals surface area contributed by atoms with Gasteiger partial charge in [-0.25, -0.2) is 13.8 Å². The minimum absolute atomic E-state index is 0.0507. The molecule has 2 heterocycles. The smallest absolute Gasteiger partial charge is 0.322 e. The molecule has 1 N–H and O–H groups in total. The molecule has 2 aromatic heterocycles. The maximum absolute atomic E-state index is 14.4. The third-order valence-electron chi connectivity index (χ3n) is 5.95. The molecule has 0 aliphatic heterocycles. The lowest BCUT2D eigenvalue weighted by Gasteiger charge is -2.15. The molecule has 0 unspecified atom stereocenters. The largest absolute Gasteiger partial charge is 0.417 e. The molecule has 37 heavy (non-hydrogen) atoms. The number of aryl methyl sites for hydroxylation is 1. The van der Waals surface area contributed by atoms with Crippen molar-refractivity contribution >= 4 is 17.1 Å². The van der Waals surface area contributed by atoms with Gasteiger partial charge in [0.2, 0.25) is 0 Å². The van der Waals surface area contributed by atoms with E-state index in [4.69, 9.17) is 0 Å². The fourth-order valence-corrected chi connectivity index (χ4v) is 4.12. The molecule has 3 aromatic carbocycles. The van der Waals surface area contributed by atoms with Gasteiger partial charge in [-0.2, -0.15) is 13.2 Å². The van der Waals surface area contributed by atoms with Crippen molar-refractivity contribution in [3.8, 4) is 22.5 Å². The third-order valence-corrected chi connectivity index (χ3v) is 5.95. The first-order valence-electron chi connectivity index (χ1n) is 11.1. The van der Waals surface area contributed by atoms with Gasteiger partial charge in [-0.3, -0.25) is 9.20 Å². The highest BCUT2D eigenvalue weighted by atomic mass is 19.4. The molecule has 0 aliphatic rings. The van der Waals surface area contributed by atoms with Crippen LogP contribution in [0.15, 0.2) is 85.2 Å². The number of nitrogens with one attached hydrogen (secondary N) is 1. The van der Waals surface area contributed by atoms with Gasteiger partial charge in [0, 0.05) is 11.3 Å². The van der Waals surface area contributed by atoms with Crippen LogP contribution in [0.5, 0.6) is 0 Å². The van der Waals surface area contributed by atoms with Crippen LogP contribution in [0.1, 0.15) is 21.5 Å². The average molecular weight is 507 g/mol. The third kappa shape index (κ3) is 4.55. The van der Waals surface area contributed by atoms with Crippen LogP contribution in [-0.2, 0) is 6.18 Å². The summed E-state index contributed by atoms with van der Waals surface area (Å²) < 4.78 is 71.2. The Morgan fingerprint density at radius 1 is 0.919 bits per heavy atom. The number of alkyl halides is 3. The topological polar surface area (TPSA) is 46.4 Å². The van der Waals surface area contributed by atoms with Crippen LogP contribution in [0.25, 0.3) is 28.0 Å². The molecule has 0 bridgehead atoms. The van der Waals surface area contributed by atoms with E-state index in [0.717, 1.165) is 23.8 Å². The Kier molecular flexibility index (Phi) is 5.99. The van der Waals surface area contributed by atoms with Crippen molar-refractivity contribution in [3.63, 3.8) is 0 Å². The quantitative estimate of drug-likeness (QED) is 0.256. The number of hydrogen-bond donors (Lipinski definition) is 1. The lowest BCUT2D eigenvalue weighted by molar-refractivity contribution is -0.137. The molecule has 5 aromatic rings. The van der Waals surface area contributed by atoms with Crippen molar-refractivity contribution in [2.75, 3.05) is 5.32 Å². The summed E-state index contributed by atoms with van der Waals surface area (Å²) in [6, 6.07) is 18.5. The summed E-state index contributed by atoms with van der Waals surface area (Å²) in [7, 11) is 0. The molecule has 1 amide bonds. The molecule has 186 valence electrons. The van der Waals surface area contributed by atoms with Crippen LogP contribution >= 0.6 is 0 Å². The number of carbonyl (C=O) groups is 1. The monoisotopic (exact) mass is 507 g/mol. The molecule has 0 saturated heterocycles. The Labute approximate surface area is 208 Å². The van der Waals surface area contributed by atoms with E-state index in [1.165, 1.54) is 24.5 Å². The molecule has 0 aliphatic carbocycles. The zero-order valence-electron chi connectivity index (χ0n) is 19.3. The highest BCUT2D eigenvalue weighted by molar-refractivity contribution is 6.06. The number of fused-ring (bicyclic) bond motifs is 1. The minimum Gasteiger partial charge on any atom is -0.322 e. The molecule has 0 radical (unpaired) electrons. The van der Waals surface area contributed by atoms with Gasteiger partial charge in [0.1, 0.15) is 6.33 Å². The molecule has 0 spiro atoms. The summed E-state index contributed by atoms with van der Waals surface area (Å²) in [6.07, 6.45) is -3.39. The predicted octanol–water partition coefficient (Wildman–Crippen LogP) is 7.53. The molecule has 5 rings (SSSR count). The van der Waals surface area contributed by atoms with Crippen LogP contribution < -0.4 is 5.32 Å². The predicted molar refractivity (Wildman–Crippen MR) is 130 cm³/mol. The molecular weight excluding hydrogens is 489 g/mol. The fourth-order valence-electron chi connectivity index (χ4n) is 4.12. The van der Waals surface area contributed by atoms with E-state index in [1.54, 1.807) is 46.9 Å². The summed E-state index contributed by atoms with van der Waals surface area (Å²) in [5.74, 6) is -3.00. The molecular formula is C28H18F5N3O. The van der Waals surface area contributed by atoms with Gasteiger partial charge in [-0.15, -0.1) is 0 Å². The number of anilines is 1. The molecule has 0 saturated carbocycles. The van der Waals surface area contributed by atoms with Gasteiger partial charge in [-0.1, -0.05) is 35.9 Å².